The minimum Gasteiger partial charge on any atom is -0.384 e. The van der Waals surface area contributed by atoms with Crippen molar-refractivity contribution >= 4 is 34.4 Å². The first kappa shape index (κ1) is 16.4. The van der Waals surface area contributed by atoms with E-state index in [1.807, 2.05) is 47.9 Å². The highest BCUT2D eigenvalue weighted by atomic mass is 35.5. The number of aryl methyl sites for hydroxylation is 1. The Balaban J connectivity index is 1.84. The Labute approximate surface area is 155 Å². The Morgan fingerprint density at radius 2 is 1.69 bits per heavy atom. The Morgan fingerprint density at radius 1 is 0.962 bits per heavy atom. The molecule has 3 heterocycles. The molecule has 0 radical (unpaired) electrons. The molecule has 0 aliphatic carbocycles. The number of hydrogen-bond acceptors (Lipinski definition) is 5. The van der Waals surface area contributed by atoms with Crippen molar-refractivity contribution in [3.8, 4) is 11.3 Å². The molecular formula is C19H17ClN6. The number of anilines is 2. The van der Waals surface area contributed by atoms with Crippen molar-refractivity contribution in [2.75, 3.05) is 11.5 Å². The Hall–Kier alpha value is -3.12. The van der Waals surface area contributed by atoms with Crippen molar-refractivity contribution < 1.29 is 0 Å². The number of imidazole rings is 1. The summed E-state index contributed by atoms with van der Waals surface area (Å²) in [5.41, 5.74) is 15.8. The first-order valence-electron chi connectivity index (χ1n) is 8.12. The number of nitrogens with two attached hydrogens (primary N) is 2. The highest BCUT2D eigenvalue weighted by Crippen LogP contribution is 2.25. The van der Waals surface area contributed by atoms with Crippen molar-refractivity contribution in [2.45, 2.75) is 13.5 Å². The molecule has 0 bridgehead atoms. The predicted molar refractivity (Wildman–Crippen MR) is 105 cm³/mol. The maximum Gasteiger partial charge on any atom is 0.160 e. The van der Waals surface area contributed by atoms with Gasteiger partial charge in [-0.15, -0.1) is 0 Å². The molecule has 6 nitrogen and oxygen atoms in total. The van der Waals surface area contributed by atoms with E-state index in [9.17, 15) is 0 Å². The molecule has 0 amide bonds. The van der Waals surface area contributed by atoms with Crippen LogP contribution in [0.5, 0.6) is 0 Å². The third kappa shape index (κ3) is 2.95. The lowest BCUT2D eigenvalue weighted by atomic mass is 10.1. The molecule has 0 spiro atoms. The van der Waals surface area contributed by atoms with E-state index in [1.165, 1.54) is 0 Å². The summed E-state index contributed by atoms with van der Waals surface area (Å²) < 4.78 is 2.05. The molecule has 7 heteroatoms. The van der Waals surface area contributed by atoms with Gasteiger partial charge in [0, 0.05) is 10.6 Å². The normalized spacial score (nSPS) is 11.2. The summed E-state index contributed by atoms with van der Waals surface area (Å²) in [5, 5.41) is 0.722. The van der Waals surface area contributed by atoms with Crippen LogP contribution in [-0.2, 0) is 6.54 Å². The van der Waals surface area contributed by atoms with Crippen LogP contribution in [0.1, 0.15) is 11.4 Å². The zero-order valence-electron chi connectivity index (χ0n) is 14.1. The fraction of sp³-hybridized carbons (Fsp3) is 0.105. The summed E-state index contributed by atoms with van der Waals surface area (Å²) >= 11 is 6.32. The molecule has 0 fully saturated rings. The van der Waals surface area contributed by atoms with Crippen LogP contribution in [0.25, 0.3) is 22.4 Å². The van der Waals surface area contributed by atoms with Gasteiger partial charge >= 0.3 is 0 Å². The maximum absolute atomic E-state index is 6.32. The van der Waals surface area contributed by atoms with Crippen molar-refractivity contribution in [1.29, 1.82) is 0 Å². The number of benzene rings is 1. The van der Waals surface area contributed by atoms with Crippen LogP contribution in [-0.4, -0.2) is 19.5 Å². The molecule has 1 aromatic carbocycles. The SMILES string of the molecule is Cc1nc2ccc(-c3cc(N)nc(N)c3)nc2n1Cc1ccccc1Cl. The molecule has 0 aliphatic heterocycles. The molecule has 0 atom stereocenters. The van der Waals surface area contributed by atoms with Gasteiger partial charge in [0.05, 0.1) is 12.2 Å². The summed E-state index contributed by atoms with van der Waals surface area (Å²) in [5.74, 6) is 1.60. The van der Waals surface area contributed by atoms with Crippen molar-refractivity contribution in [2.24, 2.45) is 0 Å². The van der Waals surface area contributed by atoms with E-state index in [-0.39, 0.29) is 0 Å². The Kier molecular flexibility index (Phi) is 3.97. The number of nitrogens with zero attached hydrogens (tertiary/aromatic N) is 4. The molecule has 0 unspecified atom stereocenters. The van der Waals surface area contributed by atoms with Crippen LogP contribution in [0.4, 0.5) is 11.6 Å². The third-order valence-corrected chi connectivity index (χ3v) is 4.60. The van der Waals surface area contributed by atoms with Crippen LogP contribution in [0.15, 0.2) is 48.5 Å². The van der Waals surface area contributed by atoms with Gasteiger partial charge in [-0.25, -0.2) is 15.0 Å². The highest BCUT2D eigenvalue weighted by Gasteiger charge is 2.13. The summed E-state index contributed by atoms with van der Waals surface area (Å²) in [4.78, 5) is 13.4. The van der Waals surface area contributed by atoms with Crippen LogP contribution < -0.4 is 11.5 Å². The Bertz CT molecular complexity index is 1100. The lowest BCUT2D eigenvalue weighted by Crippen LogP contribution is -2.04. The molecule has 4 aromatic rings. The van der Waals surface area contributed by atoms with Crippen LogP contribution in [0, 0.1) is 6.92 Å². The molecule has 26 heavy (non-hydrogen) atoms. The first-order chi connectivity index (χ1) is 12.5. The molecule has 0 saturated heterocycles. The smallest absolute Gasteiger partial charge is 0.160 e. The van der Waals surface area contributed by atoms with Gasteiger partial charge in [-0.2, -0.15) is 0 Å². The van der Waals surface area contributed by atoms with E-state index < -0.39 is 0 Å². The average molecular weight is 365 g/mol. The number of hydrogen-bond donors (Lipinski definition) is 2. The summed E-state index contributed by atoms with van der Waals surface area (Å²) in [6.45, 7) is 2.56. The average Bonchev–Trinajstić information content (AvgIpc) is 2.91. The standard InChI is InChI=1S/C19H17ClN6/c1-11-23-16-7-6-15(13-8-17(21)25-18(22)9-13)24-19(16)26(11)10-12-4-2-3-5-14(12)20/h2-9H,10H2,1H3,(H4,21,22,25). The monoisotopic (exact) mass is 364 g/mol. The van der Waals surface area contributed by atoms with E-state index in [2.05, 4.69) is 9.97 Å². The number of fused-ring (bicyclic) bond motifs is 1. The zero-order chi connectivity index (χ0) is 18.3. The van der Waals surface area contributed by atoms with Gasteiger partial charge in [-0.3, -0.25) is 0 Å². The number of nitrogen functional groups attached to an aromatic ring is 2. The summed E-state index contributed by atoms with van der Waals surface area (Å²) in [7, 11) is 0. The first-order valence-corrected chi connectivity index (χ1v) is 8.50. The fourth-order valence-electron chi connectivity index (χ4n) is 2.98. The topological polar surface area (TPSA) is 95.6 Å². The van der Waals surface area contributed by atoms with Gasteiger partial charge < -0.3 is 16.0 Å². The van der Waals surface area contributed by atoms with Crippen molar-refractivity contribution in [1.82, 2.24) is 19.5 Å². The van der Waals surface area contributed by atoms with Gasteiger partial charge in [-0.1, -0.05) is 29.8 Å². The second-order valence-corrected chi connectivity index (χ2v) is 6.49. The summed E-state index contributed by atoms with van der Waals surface area (Å²) in [6.07, 6.45) is 0. The molecule has 3 aromatic heterocycles. The van der Waals surface area contributed by atoms with Crippen LogP contribution in [0.2, 0.25) is 5.02 Å². The quantitative estimate of drug-likeness (QED) is 0.578. The van der Waals surface area contributed by atoms with Gasteiger partial charge in [-0.05, 0) is 42.8 Å². The molecular weight excluding hydrogens is 348 g/mol. The number of aromatic nitrogens is 4. The van der Waals surface area contributed by atoms with E-state index in [0.29, 0.717) is 18.2 Å². The van der Waals surface area contributed by atoms with Crippen molar-refractivity contribution in [3.05, 3.63) is 64.9 Å². The number of pyridine rings is 2. The van der Waals surface area contributed by atoms with Crippen molar-refractivity contribution in [3.63, 3.8) is 0 Å². The number of halogens is 1. The lowest BCUT2D eigenvalue weighted by molar-refractivity contribution is 0.778. The molecule has 4 rings (SSSR count). The van der Waals surface area contributed by atoms with Gasteiger partial charge in [0.25, 0.3) is 0 Å². The van der Waals surface area contributed by atoms with Gasteiger partial charge in [0.15, 0.2) is 5.65 Å². The second kappa shape index (κ2) is 6.31. The van der Waals surface area contributed by atoms with Gasteiger partial charge in [0.2, 0.25) is 0 Å². The lowest BCUT2D eigenvalue weighted by Gasteiger charge is -2.09. The third-order valence-electron chi connectivity index (χ3n) is 4.23. The number of rotatable bonds is 3. The minimum absolute atomic E-state index is 0.364. The van der Waals surface area contributed by atoms with E-state index in [0.717, 1.165) is 38.8 Å². The minimum atomic E-state index is 0.364. The van der Waals surface area contributed by atoms with Crippen LogP contribution in [0.3, 0.4) is 0 Å². The van der Waals surface area contributed by atoms with E-state index in [4.69, 9.17) is 28.1 Å². The molecule has 0 saturated carbocycles. The van der Waals surface area contributed by atoms with E-state index >= 15 is 0 Å². The highest BCUT2D eigenvalue weighted by molar-refractivity contribution is 6.31. The second-order valence-electron chi connectivity index (χ2n) is 6.08. The largest absolute Gasteiger partial charge is 0.384 e. The predicted octanol–water partition coefficient (Wildman–Crippen LogP) is 3.67. The summed E-state index contributed by atoms with van der Waals surface area (Å²) in [6, 6.07) is 15.1. The maximum atomic E-state index is 6.32. The van der Waals surface area contributed by atoms with Gasteiger partial charge in [0.1, 0.15) is 23.0 Å². The zero-order valence-corrected chi connectivity index (χ0v) is 14.9. The molecule has 130 valence electrons. The molecule has 4 N–H and O–H groups in total. The molecule has 0 aliphatic rings. The fourth-order valence-corrected chi connectivity index (χ4v) is 3.18. The van der Waals surface area contributed by atoms with E-state index in [1.54, 1.807) is 12.1 Å². The van der Waals surface area contributed by atoms with Crippen LogP contribution >= 0.6 is 11.6 Å². The Morgan fingerprint density at radius 3 is 2.42 bits per heavy atom.